The molecule has 2 nitrogen and oxygen atoms in total. The van der Waals surface area contributed by atoms with E-state index in [-0.39, 0.29) is 0 Å². The molecule has 0 aromatic heterocycles. The van der Waals surface area contributed by atoms with Crippen molar-refractivity contribution in [2.45, 2.75) is 0 Å². The van der Waals surface area contributed by atoms with Crippen molar-refractivity contribution in [2.24, 2.45) is 0 Å². The zero-order valence-electron chi connectivity index (χ0n) is 19.3. The van der Waals surface area contributed by atoms with E-state index < -0.39 is 6.04 Å². The van der Waals surface area contributed by atoms with E-state index in [0.717, 1.165) is 54.7 Å². The molecule has 0 N–H and O–H groups in total. The maximum atomic E-state index is 6.70. The summed E-state index contributed by atoms with van der Waals surface area (Å²) < 4.78 is 13.2. The van der Waals surface area contributed by atoms with E-state index in [1.165, 1.54) is 0 Å². The Kier molecular flexibility index (Phi) is 4.95. The molecule has 0 atom stereocenters. The fourth-order valence-electron chi connectivity index (χ4n) is 5.08. The zero-order valence-corrected chi connectivity index (χ0v) is 21.0. The number of benzene rings is 6. The molecule has 1 aliphatic heterocycles. The van der Waals surface area contributed by atoms with E-state index in [1.54, 1.807) is 0 Å². The lowest BCUT2D eigenvalue weighted by atomic mass is 10.1. The Hall–Kier alpha value is -3.91. The number of fused-ring (bicyclic) bond motifs is 6. The molecule has 0 bridgehead atoms. The van der Waals surface area contributed by atoms with Crippen LogP contribution in [0.3, 0.4) is 0 Å². The monoisotopic (exact) mass is 500 g/mol. The topological polar surface area (TPSA) is 18.5 Å². The standard InChI is InChI=1S/C32H21O2PS/c36-35(23-12-3-1-4-13-23,24-14-5-2-6-15-24)30-21-29-32(27-18-10-9-17-26(27)30)33-28-20-19-22-11-7-8-16-25(22)31(28)34-29/h1-21H. The second-order valence-corrected chi connectivity index (χ2v) is 13.2. The van der Waals surface area contributed by atoms with Crippen molar-refractivity contribution < 1.29 is 9.47 Å². The summed E-state index contributed by atoms with van der Waals surface area (Å²) in [7, 11) is 0. The van der Waals surface area contributed by atoms with Crippen LogP contribution in [0.4, 0.5) is 0 Å². The second kappa shape index (κ2) is 8.34. The van der Waals surface area contributed by atoms with Gasteiger partial charge >= 0.3 is 0 Å². The van der Waals surface area contributed by atoms with Crippen LogP contribution < -0.4 is 25.4 Å². The van der Waals surface area contributed by atoms with Crippen molar-refractivity contribution in [1.29, 1.82) is 0 Å². The van der Waals surface area contributed by atoms with Gasteiger partial charge in [-0.05, 0) is 33.5 Å². The summed E-state index contributed by atoms with van der Waals surface area (Å²) in [4.78, 5) is 0. The van der Waals surface area contributed by atoms with Gasteiger partial charge in [0.2, 0.25) is 0 Å². The summed E-state index contributed by atoms with van der Waals surface area (Å²) in [5.74, 6) is 2.91. The van der Waals surface area contributed by atoms with Crippen LogP contribution in [0, 0.1) is 0 Å². The zero-order chi connectivity index (χ0) is 24.1. The largest absolute Gasteiger partial charge is 0.449 e. The molecule has 172 valence electrons. The minimum atomic E-state index is -2.40. The Balaban J connectivity index is 1.53. The van der Waals surface area contributed by atoms with E-state index in [0.29, 0.717) is 5.75 Å². The van der Waals surface area contributed by atoms with Crippen LogP contribution in [-0.2, 0) is 11.8 Å². The van der Waals surface area contributed by atoms with Crippen molar-refractivity contribution >= 4 is 55.3 Å². The Morgan fingerprint density at radius 3 is 1.69 bits per heavy atom. The van der Waals surface area contributed by atoms with Crippen LogP contribution in [0.5, 0.6) is 23.0 Å². The molecule has 0 fully saturated rings. The molecule has 4 heteroatoms. The maximum absolute atomic E-state index is 6.70. The number of rotatable bonds is 3. The van der Waals surface area contributed by atoms with Crippen LogP contribution in [-0.4, -0.2) is 0 Å². The average molecular weight is 501 g/mol. The Labute approximate surface area is 214 Å². The van der Waals surface area contributed by atoms with Crippen molar-refractivity contribution in [2.75, 3.05) is 0 Å². The lowest BCUT2D eigenvalue weighted by Crippen LogP contribution is -2.25. The molecule has 0 amide bonds. The predicted octanol–water partition coefficient (Wildman–Crippen LogP) is 7.65. The molecule has 0 saturated carbocycles. The molecule has 0 saturated heterocycles. The van der Waals surface area contributed by atoms with Gasteiger partial charge in [0.05, 0.1) is 0 Å². The third kappa shape index (κ3) is 3.21. The highest BCUT2D eigenvalue weighted by Gasteiger charge is 2.31. The Bertz CT molecular complexity index is 1770. The molecule has 1 heterocycles. The summed E-state index contributed by atoms with van der Waals surface area (Å²) in [5.41, 5.74) is 0. The van der Waals surface area contributed by atoms with Crippen LogP contribution in [0.15, 0.2) is 127 Å². The third-order valence-corrected chi connectivity index (χ3v) is 11.7. The Morgan fingerprint density at radius 1 is 0.472 bits per heavy atom. The van der Waals surface area contributed by atoms with Gasteiger partial charge in [0.25, 0.3) is 0 Å². The van der Waals surface area contributed by atoms with E-state index in [2.05, 4.69) is 91.0 Å². The van der Waals surface area contributed by atoms with Gasteiger partial charge in [-0.15, -0.1) is 0 Å². The van der Waals surface area contributed by atoms with Crippen molar-refractivity contribution in [1.82, 2.24) is 0 Å². The maximum Gasteiger partial charge on any atom is 0.178 e. The first-order valence-corrected chi connectivity index (χ1v) is 14.7. The molecule has 0 spiro atoms. The molecule has 36 heavy (non-hydrogen) atoms. The van der Waals surface area contributed by atoms with Crippen LogP contribution in [0.25, 0.3) is 21.5 Å². The SMILES string of the molecule is S=P(c1ccccc1)(c1ccccc1)c1cc2c(c3ccccc13)Oc1ccc3ccccc3c1O2. The van der Waals surface area contributed by atoms with Gasteiger partial charge in [0.15, 0.2) is 23.0 Å². The van der Waals surface area contributed by atoms with Crippen molar-refractivity contribution in [3.05, 3.63) is 127 Å². The smallest absolute Gasteiger partial charge is 0.178 e. The third-order valence-electron chi connectivity index (χ3n) is 6.79. The molecular formula is C32H21O2PS. The van der Waals surface area contributed by atoms with E-state index in [1.807, 2.05) is 36.4 Å². The molecular weight excluding hydrogens is 479 g/mol. The minimum Gasteiger partial charge on any atom is -0.449 e. The highest BCUT2D eigenvalue weighted by molar-refractivity contribution is 8.25. The van der Waals surface area contributed by atoms with Gasteiger partial charge in [0, 0.05) is 22.1 Å². The molecule has 6 aromatic rings. The molecule has 0 radical (unpaired) electrons. The summed E-state index contributed by atoms with van der Waals surface area (Å²) >= 11 is 6.70. The number of hydrogen-bond donors (Lipinski definition) is 0. The lowest BCUT2D eigenvalue weighted by molar-refractivity contribution is 0.367. The van der Waals surface area contributed by atoms with Crippen LogP contribution in [0.1, 0.15) is 0 Å². The van der Waals surface area contributed by atoms with Gasteiger partial charge in [-0.1, -0.05) is 127 Å². The van der Waals surface area contributed by atoms with E-state index >= 15 is 0 Å². The molecule has 1 aliphatic rings. The predicted molar refractivity (Wildman–Crippen MR) is 154 cm³/mol. The number of ether oxygens (including phenoxy) is 2. The highest BCUT2D eigenvalue weighted by atomic mass is 32.4. The fourth-order valence-corrected chi connectivity index (χ4v) is 9.13. The van der Waals surface area contributed by atoms with Gasteiger partial charge in [0.1, 0.15) is 0 Å². The molecule has 6 aromatic carbocycles. The summed E-state index contributed by atoms with van der Waals surface area (Å²) in [6.45, 7) is 0. The minimum absolute atomic E-state index is 0.702. The van der Waals surface area contributed by atoms with Gasteiger partial charge in [-0.3, -0.25) is 0 Å². The molecule has 7 rings (SSSR count). The van der Waals surface area contributed by atoms with Crippen molar-refractivity contribution in [3.8, 4) is 23.0 Å². The molecule has 0 aliphatic carbocycles. The van der Waals surface area contributed by atoms with Gasteiger partial charge in [-0.25, -0.2) is 0 Å². The van der Waals surface area contributed by atoms with E-state index in [4.69, 9.17) is 21.3 Å². The normalized spacial score (nSPS) is 12.4. The summed E-state index contributed by atoms with van der Waals surface area (Å²) in [6.07, 6.45) is 0. The van der Waals surface area contributed by atoms with Crippen molar-refractivity contribution in [3.63, 3.8) is 0 Å². The van der Waals surface area contributed by atoms with Crippen LogP contribution in [0.2, 0.25) is 0 Å². The second-order valence-electron chi connectivity index (χ2n) is 8.87. The first-order valence-electron chi connectivity index (χ1n) is 11.9. The van der Waals surface area contributed by atoms with Gasteiger partial charge < -0.3 is 9.47 Å². The average Bonchev–Trinajstić information content (AvgIpc) is 2.96. The lowest BCUT2D eigenvalue weighted by Gasteiger charge is -2.29. The Morgan fingerprint density at radius 2 is 1.00 bits per heavy atom. The van der Waals surface area contributed by atoms with Gasteiger partial charge in [-0.2, -0.15) is 0 Å². The first kappa shape index (κ1) is 21.4. The number of hydrogen-bond acceptors (Lipinski definition) is 3. The molecule has 0 unspecified atom stereocenters. The quantitative estimate of drug-likeness (QED) is 0.232. The van der Waals surface area contributed by atoms with Crippen LogP contribution >= 0.6 is 6.04 Å². The summed E-state index contributed by atoms with van der Waals surface area (Å²) in [6, 6.07) is 41.4. The van der Waals surface area contributed by atoms with E-state index in [9.17, 15) is 0 Å². The highest BCUT2D eigenvalue weighted by Crippen LogP contribution is 2.54. The first-order chi connectivity index (χ1) is 17.7. The summed E-state index contributed by atoms with van der Waals surface area (Å²) in [5, 5.41) is 7.66. The fraction of sp³-hybridized carbons (Fsp3) is 0.